The first kappa shape index (κ1) is 10.9. The third-order valence-corrected chi connectivity index (χ3v) is 3.22. The van der Waals surface area contributed by atoms with Crippen molar-refractivity contribution in [1.82, 2.24) is 14.8 Å². The van der Waals surface area contributed by atoms with Crippen LogP contribution in [0.25, 0.3) is 11.4 Å². The van der Waals surface area contributed by atoms with Gasteiger partial charge in [0.25, 0.3) is 0 Å². The largest absolute Gasteiger partial charge is 0.303 e. The van der Waals surface area contributed by atoms with E-state index in [1.54, 1.807) is 4.57 Å². The van der Waals surface area contributed by atoms with Crippen molar-refractivity contribution in [3.63, 3.8) is 0 Å². The molecule has 0 unspecified atom stereocenters. The first-order chi connectivity index (χ1) is 7.09. The summed E-state index contributed by atoms with van der Waals surface area (Å²) in [6.07, 6.45) is 0. The Morgan fingerprint density at radius 1 is 1.53 bits per heavy atom. The van der Waals surface area contributed by atoms with Crippen molar-refractivity contribution in [2.75, 3.05) is 0 Å². The molecule has 2 rings (SSSR count). The van der Waals surface area contributed by atoms with E-state index in [9.17, 15) is 0 Å². The van der Waals surface area contributed by atoms with E-state index < -0.39 is 0 Å². The van der Waals surface area contributed by atoms with Crippen molar-refractivity contribution in [3.8, 4) is 11.4 Å². The minimum atomic E-state index is 0.573. The summed E-state index contributed by atoms with van der Waals surface area (Å²) in [5, 5.41) is 7.49. The number of aromatic amines is 1. The van der Waals surface area contributed by atoms with Crippen LogP contribution in [-0.4, -0.2) is 14.8 Å². The van der Waals surface area contributed by atoms with Crippen LogP contribution in [0.5, 0.6) is 0 Å². The lowest BCUT2D eigenvalue weighted by atomic mass is 10.2. The zero-order valence-electron chi connectivity index (χ0n) is 7.79. The Hall–Kier alpha value is -0.650. The van der Waals surface area contributed by atoms with Gasteiger partial charge in [-0.05, 0) is 30.4 Å². The molecule has 0 saturated heterocycles. The fraction of sp³-hybridized carbons (Fsp3) is 0.111. The van der Waals surface area contributed by atoms with Gasteiger partial charge in [0.05, 0.1) is 5.02 Å². The topological polar surface area (TPSA) is 33.6 Å². The highest BCUT2D eigenvalue weighted by Crippen LogP contribution is 2.28. The molecule has 0 bridgehead atoms. The number of nitrogens with zero attached hydrogens (tertiary/aromatic N) is 2. The van der Waals surface area contributed by atoms with Gasteiger partial charge in [0, 0.05) is 17.1 Å². The van der Waals surface area contributed by atoms with E-state index in [0.717, 1.165) is 15.9 Å². The number of halogens is 2. The molecule has 1 aromatic carbocycles. The van der Waals surface area contributed by atoms with Crippen LogP contribution in [0.1, 0.15) is 0 Å². The minimum Gasteiger partial charge on any atom is -0.303 e. The lowest BCUT2D eigenvalue weighted by Crippen LogP contribution is -1.93. The maximum Gasteiger partial charge on any atom is 0.195 e. The number of rotatable bonds is 1. The van der Waals surface area contributed by atoms with Crippen LogP contribution in [-0.2, 0) is 7.05 Å². The van der Waals surface area contributed by atoms with Gasteiger partial charge in [-0.3, -0.25) is 5.10 Å². The van der Waals surface area contributed by atoms with Crippen LogP contribution in [0.4, 0.5) is 0 Å². The molecule has 2 aromatic rings. The summed E-state index contributed by atoms with van der Waals surface area (Å²) in [7, 11) is 1.85. The molecule has 78 valence electrons. The normalized spacial score (nSPS) is 10.6. The van der Waals surface area contributed by atoms with Crippen molar-refractivity contribution in [2.45, 2.75) is 0 Å². The molecule has 1 aromatic heterocycles. The van der Waals surface area contributed by atoms with Crippen LogP contribution in [0.15, 0.2) is 22.7 Å². The monoisotopic (exact) mass is 303 g/mol. The second kappa shape index (κ2) is 4.08. The molecule has 0 amide bonds. The Morgan fingerprint density at radius 2 is 2.27 bits per heavy atom. The Bertz CT molecular complexity index is 561. The number of aromatic nitrogens is 3. The summed E-state index contributed by atoms with van der Waals surface area (Å²) in [4.78, 5) is 0. The number of nitrogens with one attached hydrogen (secondary N) is 1. The van der Waals surface area contributed by atoms with Crippen LogP contribution < -0.4 is 0 Å². The summed E-state index contributed by atoms with van der Waals surface area (Å²) in [6, 6.07) is 5.64. The summed E-state index contributed by atoms with van der Waals surface area (Å²) in [5.74, 6) is 0.734. The third-order valence-electron chi connectivity index (χ3n) is 2.05. The van der Waals surface area contributed by atoms with Crippen LogP contribution in [0, 0.1) is 4.77 Å². The fourth-order valence-corrected chi connectivity index (χ4v) is 2.15. The third kappa shape index (κ3) is 2.00. The molecule has 0 aliphatic heterocycles. The standard InChI is InChI=1S/C9H7BrClN3S/c1-14-8(12-13-9(14)15)6-3-2-5(10)4-7(6)11/h2-4H,1H3,(H,13,15). The van der Waals surface area contributed by atoms with E-state index in [1.165, 1.54) is 0 Å². The number of hydrogen-bond donors (Lipinski definition) is 1. The highest BCUT2D eigenvalue weighted by molar-refractivity contribution is 9.10. The Labute approximate surface area is 105 Å². The highest BCUT2D eigenvalue weighted by atomic mass is 79.9. The van der Waals surface area contributed by atoms with Crippen molar-refractivity contribution >= 4 is 39.7 Å². The Morgan fingerprint density at radius 3 is 2.80 bits per heavy atom. The summed E-state index contributed by atoms with van der Waals surface area (Å²) < 4.78 is 3.29. The average Bonchev–Trinajstić information content (AvgIpc) is 2.49. The van der Waals surface area contributed by atoms with E-state index in [0.29, 0.717) is 9.79 Å². The maximum absolute atomic E-state index is 6.11. The molecule has 3 nitrogen and oxygen atoms in total. The molecule has 6 heteroatoms. The quantitative estimate of drug-likeness (QED) is 0.817. The smallest absolute Gasteiger partial charge is 0.195 e. The first-order valence-electron chi connectivity index (χ1n) is 4.16. The molecule has 0 radical (unpaired) electrons. The van der Waals surface area contributed by atoms with Crippen LogP contribution in [0.3, 0.4) is 0 Å². The Kier molecular flexibility index (Phi) is 2.95. The van der Waals surface area contributed by atoms with Crippen molar-refractivity contribution < 1.29 is 0 Å². The summed E-state index contributed by atoms with van der Waals surface area (Å²) in [5.41, 5.74) is 0.856. The van der Waals surface area contributed by atoms with Crippen molar-refractivity contribution in [2.24, 2.45) is 7.05 Å². The van der Waals surface area contributed by atoms with E-state index in [4.69, 9.17) is 23.8 Å². The van der Waals surface area contributed by atoms with Gasteiger partial charge >= 0.3 is 0 Å². The number of H-pyrrole nitrogens is 1. The van der Waals surface area contributed by atoms with Crippen molar-refractivity contribution in [3.05, 3.63) is 32.5 Å². The minimum absolute atomic E-state index is 0.573. The van der Waals surface area contributed by atoms with Crippen molar-refractivity contribution in [1.29, 1.82) is 0 Å². The SMILES string of the molecule is Cn1c(-c2ccc(Br)cc2Cl)n[nH]c1=S. The number of hydrogen-bond acceptors (Lipinski definition) is 2. The Balaban J connectivity index is 2.64. The fourth-order valence-electron chi connectivity index (χ4n) is 1.26. The molecule has 0 fully saturated rings. The first-order valence-corrected chi connectivity index (χ1v) is 5.74. The lowest BCUT2D eigenvalue weighted by molar-refractivity contribution is 0.902. The van der Waals surface area contributed by atoms with Crippen LogP contribution in [0.2, 0.25) is 5.02 Å². The molecule has 1 heterocycles. The highest BCUT2D eigenvalue weighted by Gasteiger charge is 2.09. The van der Waals surface area contributed by atoms with Gasteiger partial charge < -0.3 is 4.57 Å². The van der Waals surface area contributed by atoms with Gasteiger partial charge in [0.15, 0.2) is 10.6 Å². The molecule has 1 N–H and O–H groups in total. The van der Waals surface area contributed by atoms with Gasteiger partial charge in [-0.25, -0.2) is 0 Å². The van der Waals surface area contributed by atoms with Gasteiger partial charge in [-0.2, -0.15) is 5.10 Å². The van der Waals surface area contributed by atoms with E-state index in [2.05, 4.69) is 26.1 Å². The second-order valence-electron chi connectivity index (χ2n) is 3.04. The molecule has 0 spiro atoms. The predicted molar refractivity (Wildman–Crippen MR) is 66.5 cm³/mol. The molecular weight excluding hydrogens is 298 g/mol. The maximum atomic E-state index is 6.11. The summed E-state index contributed by atoms with van der Waals surface area (Å²) >= 11 is 14.5. The van der Waals surface area contributed by atoms with Gasteiger partial charge in [-0.15, -0.1) is 0 Å². The lowest BCUT2D eigenvalue weighted by Gasteiger charge is -2.03. The average molecular weight is 305 g/mol. The summed E-state index contributed by atoms with van der Waals surface area (Å²) in [6.45, 7) is 0. The van der Waals surface area contributed by atoms with E-state index in [1.807, 2.05) is 25.2 Å². The molecule has 15 heavy (non-hydrogen) atoms. The predicted octanol–water partition coefficient (Wildman–Crippen LogP) is 3.56. The zero-order valence-corrected chi connectivity index (χ0v) is 10.9. The molecule has 0 atom stereocenters. The van der Waals surface area contributed by atoms with E-state index in [-0.39, 0.29) is 0 Å². The van der Waals surface area contributed by atoms with Gasteiger partial charge in [0.1, 0.15) is 0 Å². The van der Waals surface area contributed by atoms with E-state index >= 15 is 0 Å². The zero-order chi connectivity index (χ0) is 11.0. The van der Waals surface area contributed by atoms with Gasteiger partial charge in [-0.1, -0.05) is 27.5 Å². The second-order valence-corrected chi connectivity index (χ2v) is 4.75. The number of benzene rings is 1. The molecule has 0 aliphatic carbocycles. The molecule has 0 aliphatic rings. The molecular formula is C9H7BrClN3S. The van der Waals surface area contributed by atoms with Gasteiger partial charge in [0.2, 0.25) is 0 Å². The molecule has 0 saturated carbocycles. The van der Waals surface area contributed by atoms with Crippen LogP contribution >= 0.6 is 39.7 Å².